The summed E-state index contributed by atoms with van der Waals surface area (Å²) < 4.78 is 21.3. The van der Waals surface area contributed by atoms with Gasteiger partial charge in [0.05, 0.1) is 0 Å². The zero-order chi connectivity index (χ0) is 29.3. The molecule has 0 amide bonds. The third-order valence-electron chi connectivity index (χ3n) is 8.12. The monoisotopic (exact) mass is 587 g/mol. The zero-order valence-electron chi connectivity index (χ0n) is 24.6. The first-order chi connectivity index (χ1) is 21.2. The topological polar surface area (TPSA) is 12.5 Å². The Morgan fingerprint density at radius 1 is 0.581 bits per heavy atom. The first kappa shape index (κ1) is 29.3. The fourth-order valence-electron chi connectivity index (χ4n) is 5.95. The molecule has 2 nitrogen and oxygen atoms in total. The molecule has 5 aromatic rings. The molecular weight excluding hydrogens is 548 g/mol. The van der Waals surface area contributed by atoms with Crippen LogP contribution in [0, 0.1) is 5.82 Å². The predicted molar refractivity (Wildman–Crippen MR) is 179 cm³/mol. The molecule has 0 spiro atoms. The van der Waals surface area contributed by atoms with Crippen LogP contribution in [0.25, 0.3) is 0 Å². The van der Waals surface area contributed by atoms with Gasteiger partial charge < -0.3 is 4.74 Å². The Morgan fingerprint density at radius 2 is 1.21 bits per heavy atom. The van der Waals surface area contributed by atoms with Crippen LogP contribution in [0.5, 0.6) is 5.75 Å². The molecule has 0 aliphatic carbocycles. The second kappa shape index (κ2) is 14.6. The van der Waals surface area contributed by atoms with Crippen LogP contribution in [-0.2, 0) is 26.0 Å². The minimum absolute atomic E-state index is 0.163. The van der Waals surface area contributed by atoms with Crippen molar-refractivity contribution in [2.24, 2.45) is 0 Å². The summed E-state index contributed by atoms with van der Waals surface area (Å²) in [6.07, 6.45) is 5.36. The first-order valence-electron chi connectivity index (χ1n) is 15.4. The lowest BCUT2D eigenvalue weighted by Gasteiger charge is -2.27. The van der Waals surface area contributed by atoms with Gasteiger partial charge in [-0.1, -0.05) is 118 Å². The van der Waals surface area contributed by atoms with E-state index in [1.807, 2.05) is 12.1 Å². The number of benzene rings is 5. The number of nitrogens with zero attached hydrogens (tertiary/aromatic N) is 1. The maximum atomic E-state index is 14.6. The fraction of sp³-hybridized carbons (Fsp3) is 0.231. The number of rotatable bonds is 11. The van der Waals surface area contributed by atoms with Gasteiger partial charge in [-0.05, 0) is 89.2 Å². The Balaban J connectivity index is 1.41. The standard InChI is InChI=1S/C39H39FNOP/c40-36-19-20-37(35(27-36)28-41-21-11-4-12-22-41)43-38-26-33(23-30-13-5-1-6-14-30)25-34(24-31-15-7-2-8-16-31)39(38)42-29-32-17-9-3-10-18-32/h1-3,5-10,13-20,25-27,43H,4,11-12,21-24,28-29H2. The summed E-state index contributed by atoms with van der Waals surface area (Å²) in [5, 5.41) is 2.38. The van der Waals surface area contributed by atoms with Crippen molar-refractivity contribution in [3.05, 3.63) is 161 Å². The molecule has 1 saturated heterocycles. The lowest BCUT2D eigenvalue weighted by atomic mass is 9.98. The maximum absolute atomic E-state index is 14.6. The molecule has 1 fully saturated rings. The quantitative estimate of drug-likeness (QED) is 0.145. The normalized spacial score (nSPS) is 13.9. The van der Waals surface area contributed by atoms with Crippen LogP contribution in [0.15, 0.2) is 121 Å². The Kier molecular flexibility index (Phi) is 9.95. The van der Waals surface area contributed by atoms with E-state index >= 15 is 0 Å². The SMILES string of the molecule is Fc1ccc(Pc2cc(Cc3ccccc3)cc(Cc3ccccc3)c2OCc2ccccc2)c(CN2CCCCC2)c1. The van der Waals surface area contributed by atoms with Crippen molar-refractivity contribution in [1.82, 2.24) is 4.90 Å². The maximum Gasteiger partial charge on any atom is 0.131 e. The van der Waals surface area contributed by atoms with Crippen LogP contribution in [0.4, 0.5) is 4.39 Å². The first-order valence-corrected chi connectivity index (χ1v) is 16.4. The molecule has 0 bridgehead atoms. The van der Waals surface area contributed by atoms with Gasteiger partial charge in [0, 0.05) is 18.3 Å². The number of likely N-dealkylation sites (tertiary alicyclic amines) is 1. The van der Waals surface area contributed by atoms with E-state index in [4.69, 9.17) is 4.74 Å². The highest BCUT2D eigenvalue weighted by molar-refractivity contribution is 7.55. The van der Waals surface area contributed by atoms with Crippen molar-refractivity contribution in [2.75, 3.05) is 13.1 Å². The summed E-state index contributed by atoms with van der Waals surface area (Å²) in [6, 6.07) is 41.7. The van der Waals surface area contributed by atoms with Gasteiger partial charge in [-0.2, -0.15) is 0 Å². The van der Waals surface area contributed by atoms with E-state index < -0.39 is 0 Å². The Bertz CT molecular complexity index is 1600. The van der Waals surface area contributed by atoms with Gasteiger partial charge in [-0.15, -0.1) is 0 Å². The Morgan fingerprint density at radius 3 is 1.88 bits per heavy atom. The third-order valence-corrected chi connectivity index (χ3v) is 9.52. The van der Waals surface area contributed by atoms with Crippen molar-refractivity contribution < 1.29 is 9.13 Å². The lowest BCUT2D eigenvalue weighted by Crippen LogP contribution is -2.31. The van der Waals surface area contributed by atoms with Gasteiger partial charge >= 0.3 is 0 Å². The van der Waals surface area contributed by atoms with Crippen molar-refractivity contribution >= 4 is 19.2 Å². The van der Waals surface area contributed by atoms with Crippen molar-refractivity contribution in [2.45, 2.75) is 45.3 Å². The molecule has 4 heteroatoms. The van der Waals surface area contributed by atoms with E-state index in [0.29, 0.717) is 15.2 Å². The Hall–Kier alpha value is -3.78. The van der Waals surface area contributed by atoms with E-state index in [2.05, 4.69) is 102 Å². The Labute approximate surface area is 257 Å². The molecule has 6 rings (SSSR count). The number of hydrogen-bond donors (Lipinski definition) is 0. The molecule has 218 valence electrons. The van der Waals surface area contributed by atoms with Gasteiger partial charge in [0.2, 0.25) is 0 Å². The van der Waals surface area contributed by atoms with Gasteiger partial charge in [0.1, 0.15) is 18.2 Å². The fourth-order valence-corrected chi connectivity index (χ4v) is 7.32. The van der Waals surface area contributed by atoms with Crippen LogP contribution in [0.3, 0.4) is 0 Å². The third kappa shape index (κ3) is 8.20. The molecule has 1 atom stereocenters. The van der Waals surface area contributed by atoms with Crippen molar-refractivity contribution in [3.8, 4) is 5.75 Å². The molecule has 1 heterocycles. The molecule has 0 saturated carbocycles. The summed E-state index contributed by atoms with van der Waals surface area (Å²) >= 11 is 0. The number of piperidine rings is 1. The van der Waals surface area contributed by atoms with Gasteiger partial charge in [-0.25, -0.2) is 4.39 Å². The van der Waals surface area contributed by atoms with Gasteiger partial charge in [0.25, 0.3) is 0 Å². The van der Waals surface area contributed by atoms with Crippen molar-refractivity contribution in [1.29, 1.82) is 0 Å². The average molecular weight is 588 g/mol. The summed E-state index contributed by atoms with van der Waals surface area (Å²) in [5.41, 5.74) is 7.23. The van der Waals surface area contributed by atoms with E-state index in [1.54, 1.807) is 12.1 Å². The zero-order valence-corrected chi connectivity index (χ0v) is 25.6. The lowest BCUT2D eigenvalue weighted by molar-refractivity contribution is 0.221. The van der Waals surface area contributed by atoms with E-state index in [1.165, 1.54) is 52.1 Å². The summed E-state index contributed by atoms with van der Waals surface area (Å²) in [4.78, 5) is 2.48. The second-order valence-corrected chi connectivity index (χ2v) is 12.8. The summed E-state index contributed by atoms with van der Waals surface area (Å²) in [5.74, 6) is 0.791. The van der Waals surface area contributed by atoms with Crippen LogP contribution in [0.1, 0.15) is 52.6 Å². The molecule has 43 heavy (non-hydrogen) atoms. The number of halogens is 1. The van der Waals surface area contributed by atoms with Crippen molar-refractivity contribution in [3.63, 3.8) is 0 Å². The predicted octanol–water partition coefficient (Wildman–Crippen LogP) is 8.20. The molecule has 0 radical (unpaired) electrons. The largest absolute Gasteiger partial charge is 0.488 e. The highest BCUT2D eigenvalue weighted by Gasteiger charge is 2.18. The molecule has 1 aliphatic heterocycles. The van der Waals surface area contributed by atoms with E-state index in [9.17, 15) is 4.39 Å². The second-order valence-electron chi connectivity index (χ2n) is 11.5. The molecule has 1 aliphatic rings. The average Bonchev–Trinajstić information content (AvgIpc) is 3.04. The minimum atomic E-state index is -0.163. The van der Waals surface area contributed by atoms with Crippen LogP contribution in [0.2, 0.25) is 0 Å². The van der Waals surface area contributed by atoms with Gasteiger partial charge in [0.15, 0.2) is 0 Å². The minimum Gasteiger partial charge on any atom is -0.488 e. The molecule has 0 aromatic heterocycles. The molecular formula is C39H39FNOP. The molecule has 0 N–H and O–H groups in total. The smallest absolute Gasteiger partial charge is 0.131 e. The number of ether oxygens (including phenoxy) is 1. The molecule has 5 aromatic carbocycles. The number of hydrogen-bond acceptors (Lipinski definition) is 2. The molecule has 1 unspecified atom stereocenters. The summed E-state index contributed by atoms with van der Waals surface area (Å²) in [7, 11) is 0.355. The van der Waals surface area contributed by atoms with Crippen LogP contribution >= 0.6 is 8.58 Å². The van der Waals surface area contributed by atoms with E-state index in [-0.39, 0.29) is 5.82 Å². The highest BCUT2D eigenvalue weighted by atomic mass is 31.1. The highest BCUT2D eigenvalue weighted by Crippen LogP contribution is 2.31. The van der Waals surface area contributed by atoms with Crippen LogP contribution in [-0.4, -0.2) is 18.0 Å². The summed E-state index contributed by atoms with van der Waals surface area (Å²) in [6.45, 7) is 3.46. The van der Waals surface area contributed by atoms with Crippen LogP contribution < -0.4 is 15.3 Å². The van der Waals surface area contributed by atoms with E-state index in [0.717, 1.165) is 49.4 Å². The van der Waals surface area contributed by atoms with Gasteiger partial charge in [-0.3, -0.25) is 4.90 Å².